The molecule has 0 spiro atoms. The van der Waals surface area contributed by atoms with E-state index in [2.05, 4.69) is 0 Å². The zero-order chi connectivity index (χ0) is 12.1. The van der Waals surface area contributed by atoms with E-state index >= 15 is 0 Å². The van der Waals surface area contributed by atoms with Crippen molar-refractivity contribution in [1.82, 2.24) is 0 Å². The third-order valence-electron chi connectivity index (χ3n) is 2.83. The molecule has 1 aliphatic rings. The Morgan fingerprint density at radius 3 is 2.71 bits per heavy atom. The number of hydrogen-bond acceptors (Lipinski definition) is 4. The van der Waals surface area contributed by atoms with Crippen molar-refractivity contribution < 1.29 is 19.7 Å². The van der Waals surface area contributed by atoms with Gasteiger partial charge >= 0.3 is 0 Å². The SMILES string of the molecule is OCC1CC(O)CC(OCc2ccccc2)O1. The lowest BCUT2D eigenvalue weighted by Crippen LogP contribution is -2.38. The minimum atomic E-state index is -0.457. The van der Waals surface area contributed by atoms with E-state index in [1.54, 1.807) is 0 Å². The van der Waals surface area contributed by atoms with Crippen molar-refractivity contribution in [1.29, 1.82) is 0 Å². The Morgan fingerprint density at radius 2 is 2.00 bits per heavy atom. The highest BCUT2D eigenvalue weighted by Crippen LogP contribution is 2.21. The first kappa shape index (κ1) is 12.5. The van der Waals surface area contributed by atoms with Crippen molar-refractivity contribution in [3.8, 4) is 0 Å². The fraction of sp³-hybridized carbons (Fsp3) is 0.538. The molecule has 1 aromatic carbocycles. The van der Waals surface area contributed by atoms with E-state index in [0.717, 1.165) is 5.56 Å². The minimum absolute atomic E-state index is 0.0811. The van der Waals surface area contributed by atoms with Crippen LogP contribution in [0, 0.1) is 0 Å². The highest BCUT2D eigenvalue weighted by atomic mass is 16.7. The van der Waals surface area contributed by atoms with Gasteiger partial charge in [-0.15, -0.1) is 0 Å². The molecule has 3 atom stereocenters. The van der Waals surface area contributed by atoms with Gasteiger partial charge in [0.15, 0.2) is 6.29 Å². The summed E-state index contributed by atoms with van der Waals surface area (Å²) in [5, 5.41) is 18.6. The molecule has 4 nitrogen and oxygen atoms in total. The quantitative estimate of drug-likeness (QED) is 0.823. The maximum atomic E-state index is 9.61. The molecule has 0 saturated carbocycles. The molecular weight excluding hydrogens is 220 g/mol. The van der Waals surface area contributed by atoms with E-state index < -0.39 is 12.4 Å². The van der Waals surface area contributed by atoms with Crippen molar-refractivity contribution in [2.24, 2.45) is 0 Å². The molecule has 2 N–H and O–H groups in total. The van der Waals surface area contributed by atoms with Crippen molar-refractivity contribution in [2.75, 3.05) is 6.61 Å². The van der Waals surface area contributed by atoms with Crippen LogP contribution in [0.2, 0.25) is 0 Å². The van der Waals surface area contributed by atoms with Gasteiger partial charge in [-0.25, -0.2) is 0 Å². The van der Waals surface area contributed by atoms with Crippen molar-refractivity contribution in [2.45, 2.75) is 37.9 Å². The molecule has 0 aliphatic carbocycles. The number of rotatable bonds is 4. The Morgan fingerprint density at radius 1 is 1.24 bits per heavy atom. The zero-order valence-corrected chi connectivity index (χ0v) is 9.66. The normalized spacial score (nSPS) is 29.2. The fourth-order valence-corrected chi connectivity index (χ4v) is 1.94. The van der Waals surface area contributed by atoms with Gasteiger partial charge in [-0.05, 0) is 5.56 Å². The molecule has 1 saturated heterocycles. The van der Waals surface area contributed by atoms with Crippen LogP contribution in [-0.2, 0) is 16.1 Å². The van der Waals surface area contributed by atoms with Gasteiger partial charge in [-0.3, -0.25) is 0 Å². The first-order valence-electron chi connectivity index (χ1n) is 5.88. The van der Waals surface area contributed by atoms with E-state index in [0.29, 0.717) is 19.4 Å². The predicted molar refractivity (Wildman–Crippen MR) is 62.2 cm³/mol. The molecule has 4 heteroatoms. The van der Waals surface area contributed by atoms with E-state index in [-0.39, 0.29) is 12.7 Å². The molecule has 0 bridgehead atoms. The molecule has 0 radical (unpaired) electrons. The van der Waals surface area contributed by atoms with Crippen LogP contribution in [-0.4, -0.2) is 35.3 Å². The lowest BCUT2D eigenvalue weighted by Gasteiger charge is -2.32. The largest absolute Gasteiger partial charge is 0.394 e. The third kappa shape index (κ3) is 3.78. The van der Waals surface area contributed by atoms with Crippen LogP contribution in [0.4, 0.5) is 0 Å². The molecule has 1 heterocycles. The Balaban J connectivity index is 1.82. The zero-order valence-electron chi connectivity index (χ0n) is 9.66. The summed E-state index contributed by atoms with van der Waals surface area (Å²) >= 11 is 0. The monoisotopic (exact) mass is 238 g/mol. The van der Waals surface area contributed by atoms with Gasteiger partial charge in [0, 0.05) is 12.8 Å². The molecule has 17 heavy (non-hydrogen) atoms. The maximum absolute atomic E-state index is 9.61. The Hall–Kier alpha value is -0.940. The van der Waals surface area contributed by atoms with Crippen LogP contribution >= 0.6 is 0 Å². The topological polar surface area (TPSA) is 58.9 Å². The molecule has 0 aromatic heterocycles. The standard InChI is InChI=1S/C13H18O4/c14-8-12-6-11(15)7-13(17-12)16-9-10-4-2-1-3-5-10/h1-5,11-15H,6-9H2. The molecule has 94 valence electrons. The van der Waals surface area contributed by atoms with E-state index in [1.807, 2.05) is 30.3 Å². The minimum Gasteiger partial charge on any atom is -0.394 e. The predicted octanol–water partition coefficient (Wildman–Crippen LogP) is 1.06. The van der Waals surface area contributed by atoms with E-state index in [9.17, 15) is 5.11 Å². The summed E-state index contributed by atoms with van der Waals surface area (Å²) in [7, 11) is 0. The average molecular weight is 238 g/mol. The van der Waals surface area contributed by atoms with Gasteiger partial charge in [-0.2, -0.15) is 0 Å². The second kappa shape index (κ2) is 6.12. The highest BCUT2D eigenvalue weighted by Gasteiger charge is 2.28. The summed E-state index contributed by atoms with van der Waals surface area (Å²) in [6, 6.07) is 9.80. The van der Waals surface area contributed by atoms with Gasteiger partial charge < -0.3 is 19.7 Å². The van der Waals surface area contributed by atoms with Crippen molar-refractivity contribution in [3.05, 3.63) is 35.9 Å². The van der Waals surface area contributed by atoms with Crippen LogP contribution in [0.1, 0.15) is 18.4 Å². The maximum Gasteiger partial charge on any atom is 0.160 e. The Kier molecular flexibility index (Phi) is 4.50. The number of benzene rings is 1. The van der Waals surface area contributed by atoms with Crippen molar-refractivity contribution >= 4 is 0 Å². The molecular formula is C13H18O4. The summed E-state index contributed by atoms with van der Waals surface area (Å²) in [5.41, 5.74) is 1.07. The van der Waals surface area contributed by atoms with Gasteiger partial charge in [0.05, 0.1) is 25.4 Å². The summed E-state index contributed by atoms with van der Waals surface area (Å²) in [5.74, 6) is 0. The van der Waals surface area contributed by atoms with E-state index in [1.165, 1.54) is 0 Å². The van der Waals surface area contributed by atoms with Gasteiger partial charge in [-0.1, -0.05) is 30.3 Å². The number of aliphatic hydroxyl groups is 2. The van der Waals surface area contributed by atoms with Crippen LogP contribution in [0.15, 0.2) is 30.3 Å². The molecule has 1 aliphatic heterocycles. The second-order valence-electron chi connectivity index (χ2n) is 4.29. The average Bonchev–Trinajstić information content (AvgIpc) is 2.37. The molecule has 3 unspecified atom stereocenters. The Labute approximate surface area is 101 Å². The van der Waals surface area contributed by atoms with Gasteiger partial charge in [0.2, 0.25) is 0 Å². The number of aliphatic hydroxyl groups excluding tert-OH is 2. The van der Waals surface area contributed by atoms with Crippen LogP contribution in [0.3, 0.4) is 0 Å². The lowest BCUT2D eigenvalue weighted by molar-refractivity contribution is -0.226. The molecule has 2 rings (SSSR count). The number of ether oxygens (including phenoxy) is 2. The summed E-state index contributed by atoms with van der Waals surface area (Å²) in [4.78, 5) is 0. The summed E-state index contributed by atoms with van der Waals surface area (Å²) in [6.45, 7) is 0.374. The van der Waals surface area contributed by atoms with Crippen LogP contribution in [0.25, 0.3) is 0 Å². The molecule has 0 amide bonds. The highest BCUT2D eigenvalue weighted by molar-refractivity contribution is 5.13. The van der Waals surface area contributed by atoms with Gasteiger partial charge in [0.1, 0.15) is 0 Å². The molecule has 1 fully saturated rings. The third-order valence-corrected chi connectivity index (χ3v) is 2.83. The summed E-state index contributed by atoms with van der Waals surface area (Å²) in [6.07, 6.45) is -0.275. The smallest absolute Gasteiger partial charge is 0.160 e. The Bertz CT molecular complexity index is 327. The first-order chi connectivity index (χ1) is 8.28. The van der Waals surface area contributed by atoms with E-state index in [4.69, 9.17) is 14.6 Å². The lowest BCUT2D eigenvalue weighted by atomic mass is 10.1. The molecule has 1 aromatic rings. The summed E-state index contributed by atoms with van der Waals surface area (Å²) < 4.78 is 11.1. The van der Waals surface area contributed by atoms with Crippen LogP contribution in [0.5, 0.6) is 0 Å². The fourth-order valence-electron chi connectivity index (χ4n) is 1.94. The second-order valence-corrected chi connectivity index (χ2v) is 4.29. The van der Waals surface area contributed by atoms with Gasteiger partial charge in [0.25, 0.3) is 0 Å². The van der Waals surface area contributed by atoms with Crippen molar-refractivity contribution in [3.63, 3.8) is 0 Å². The van der Waals surface area contributed by atoms with Crippen LogP contribution < -0.4 is 0 Å². The number of hydrogen-bond donors (Lipinski definition) is 2. The first-order valence-corrected chi connectivity index (χ1v) is 5.88.